The van der Waals surface area contributed by atoms with E-state index in [2.05, 4.69) is 58.1 Å². The number of hydrogen-bond donors (Lipinski definition) is 0. The Labute approximate surface area is 150 Å². The van der Waals surface area contributed by atoms with Crippen LogP contribution in [0.1, 0.15) is 85.5 Å². The van der Waals surface area contributed by atoms with Gasteiger partial charge >= 0.3 is 0 Å². The molecule has 0 heteroatoms. The summed E-state index contributed by atoms with van der Waals surface area (Å²) in [5.74, 6) is 2.57. The monoisotopic (exact) mass is 326 g/mol. The number of fused-ring (bicyclic) bond motifs is 1. The molecular formula is C24H38. The summed E-state index contributed by atoms with van der Waals surface area (Å²) in [6, 6.07) is 0. The van der Waals surface area contributed by atoms with Crippen molar-refractivity contribution < 1.29 is 0 Å². The van der Waals surface area contributed by atoms with Gasteiger partial charge < -0.3 is 0 Å². The molecule has 0 radical (unpaired) electrons. The molecule has 1 saturated carbocycles. The van der Waals surface area contributed by atoms with Crippen LogP contribution in [-0.2, 0) is 0 Å². The van der Waals surface area contributed by atoms with E-state index >= 15 is 0 Å². The maximum atomic E-state index is 2.66. The van der Waals surface area contributed by atoms with Crippen molar-refractivity contribution in [3.63, 3.8) is 0 Å². The first-order valence-electron chi connectivity index (χ1n) is 10.6. The van der Waals surface area contributed by atoms with Crippen molar-refractivity contribution >= 4 is 0 Å². The van der Waals surface area contributed by atoms with Crippen LogP contribution < -0.4 is 0 Å². The van der Waals surface area contributed by atoms with E-state index in [-0.39, 0.29) is 0 Å². The molecule has 0 heterocycles. The molecule has 0 aromatic rings. The van der Waals surface area contributed by atoms with Crippen molar-refractivity contribution in [1.82, 2.24) is 0 Å². The third kappa shape index (κ3) is 2.95. The van der Waals surface area contributed by atoms with E-state index in [0.29, 0.717) is 10.8 Å². The predicted octanol–water partition coefficient (Wildman–Crippen LogP) is 7.48. The lowest BCUT2D eigenvalue weighted by Crippen LogP contribution is -2.47. The van der Waals surface area contributed by atoms with Crippen LogP contribution in [0.2, 0.25) is 0 Å². The number of allylic oxidation sites excluding steroid dienone is 6. The fraction of sp³-hybridized carbons (Fsp3) is 0.750. The minimum absolute atomic E-state index is 0.440. The molecule has 0 N–H and O–H groups in total. The average Bonchev–Trinajstić information content (AvgIpc) is 3.27. The van der Waals surface area contributed by atoms with E-state index < -0.39 is 0 Å². The van der Waals surface area contributed by atoms with Crippen LogP contribution in [0.15, 0.2) is 36.0 Å². The Kier molecular flexibility index (Phi) is 5.42. The summed E-state index contributed by atoms with van der Waals surface area (Å²) in [6.07, 6.45) is 24.5. The largest absolute Gasteiger partial charge is 0.0845 e. The highest BCUT2D eigenvalue weighted by Gasteiger charge is 2.53. The zero-order valence-electron chi connectivity index (χ0n) is 16.5. The summed E-state index contributed by atoms with van der Waals surface area (Å²) < 4.78 is 0. The second-order valence-corrected chi connectivity index (χ2v) is 9.01. The van der Waals surface area contributed by atoms with E-state index in [9.17, 15) is 0 Å². The fourth-order valence-electron chi connectivity index (χ4n) is 6.40. The van der Waals surface area contributed by atoms with Gasteiger partial charge in [0.05, 0.1) is 0 Å². The van der Waals surface area contributed by atoms with Gasteiger partial charge in [-0.15, -0.1) is 0 Å². The average molecular weight is 327 g/mol. The van der Waals surface area contributed by atoms with Crippen LogP contribution in [0.25, 0.3) is 0 Å². The van der Waals surface area contributed by atoms with Gasteiger partial charge in [-0.2, -0.15) is 0 Å². The van der Waals surface area contributed by atoms with Crippen LogP contribution in [0.5, 0.6) is 0 Å². The molecule has 0 aromatic heterocycles. The minimum Gasteiger partial charge on any atom is -0.0845 e. The Morgan fingerprint density at radius 3 is 2.67 bits per heavy atom. The van der Waals surface area contributed by atoms with Gasteiger partial charge in [0.2, 0.25) is 0 Å². The Bertz CT molecular complexity index is 516. The zero-order chi connectivity index (χ0) is 17.2. The van der Waals surface area contributed by atoms with Gasteiger partial charge in [-0.1, -0.05) is 76.5 Å². The van der Waals surface area contributed by atoms with Crippen LogP contribution in [-0.4, -0.2) is 0 Å². The molecule has 3 aliphatic rings. The van der Waals surface area contributed by atoms with Crippen molar-refractivity contribution in [2.45, 2.75) is 85.5 Å². The van der Waals surface area contributed by atoms with E-state index in [0.717, 1.165) is 17.8 Å². The molecule has 24 heavy (non-hydrogen) atoms. The van der Waals surface area contributed by atoms with Crippen molar-refractivity contribution in [2.75, 3.05) is 0 Å². The molecule has 134 valence electrons. The van der Waals surface area contributed by atoms with Crippen molar-refractivity contribution in [2.24, 2.45) is 28.6 Å². The standard InChI is InChI=1S/C24H38/c1-5-24(6-2)18-16-21-14-9-15-22(21)23(24,4)17-10-11-19(3)20-12-7-8-13-20/h7-8,12,16,18-19,21-22H,5-6,9-11,13-15,17H2,1-4H3. The molecule has 1 fully saturated rings. The maximum Gasteiger partial charge on any atom is -0.00667 e. The molecule has 0 saturated heterocycles. The molecule has 0 aliphatic heterocycles. The Balaban J connectivity index is 1.70. The van der Waals surface area contributed by atoms with Crippen molar-refractivity contribution in [1.29, 1.82) is 0 Å². The normalized spacial score (nSPS) is 35.1. The lowest BCUT2D eigenvalue weighted by atomic mass is 9.49. The van der Waals surface area contributed by atoms with Crippen LogP contribution >= 0.6 is 0 Å². The Morgan fingerprint density at radius 2 is 2.00 bits per heavy atom. The third-order valence-electron chi connectivity index (χ3n) is 8.22. The molecule has 0 aromatic carbocycles. The van der Waals surface area contributed by atoms with Crippen LogP contribution in [0.4, 0.5) is 0 Å². The van der Waals surface area contributed by atoms with Crippen LogP contribution in [0.3, 0.4) is 0 Å². The maximum absolute atomic E-state index is 2.66. The van der Waals surface area contributed by atoms with Crippen molar-refractivity contribution in [3.05, 3.63) is 36.0 Å². The topological polar surface area (TPSA) is 0 Å². The number of hydrogen-bond acceptors (Lipinski definition) is 0. The smallest absolute Gasteiger partial charge is 0.00667 e. The highest BCUT2D eigenvalue weighted by atomic mass is 14.6. The lowest BCUT2D eigenvalue weighted by molar-refractivity contribution is -0.0116. The van der Waals surface area contributed by atoms with Gasteiger partial charge in [-0.3, -0.25) is 0 Å². The molecule has 3 rings (SSSR count). The second kappa shape index (κ2) is 7.22. The SMILES string of the molecule is CCC1(CC)C=CC2CCCC2C1(C)CCCC(C)C1=CC=CC1. The summed E-state index contributed by atoms with van der Waals surface area (Å²) in [7, 11) is 0. The predicted molar refractivity (Wildman–Crippen MR) is 106 cm³/mol. The Morgan fingerprint density at radius 1 is 1.21 bits per heavy atom. The number of rotatable bonds is 7. The van der Waals surface area contributed by atoms with E-state index in [4.69, 9.17) is 0 Å². The molecular weight excluding hydrogens is 288 g/mol. The molecule has 0 amide bonds. The molecule has 0 nitrogen and oxygen atoms in total. The van der Waals surface area contributed by atoms with Gasteiger partial charge in [0.1, 0.15) is 0 Å². The second-order valence-electron chi connectivity index (χ2n) is 9.01. The molecule has 0 spiro atoms. The van der Waals surface area contributed by atoms with Crippen molar-refractivity contribution in [3.8, 4) is 0 Å². The first-order valence-corrected chi connectivity index (χ1v) is 10.6. The van der Waals surface area contributed by atoms with Gasteiger partial charge in [0.25, 0.3) is 0 Å². The van der Waals surface area contributed by atoms with Crippen LogP contribution in [0, 0.1) is 28.6 Å². The van der Waals surface area contributed by atoms with Gasteiger partial charge in [0, 0.05) is 0 Å². The third-order valence-corrected chi connectivity index (χ3v) is 8.22. The summed E-state index contributed by atoms with van der Waals surface area (Å²) in [6.45, 7) is 9.96. The molecule has 4 atom stereocenters. The lowest BCUT2D eigenvalue weighted by Gasteiger charge is -2.55. The van der Waals surface area contributed by atoms with Gasteiger partial charge in [-0.05, 0) is 73.5 Å². The first kappa shape index (κ1) is 18.0. The quantitative estimate of drug-likeness (QED) is 0.425. The Hall–Kier alpha value is -0.780. The molecule has 3 aliphatic carbocycles. The molecule has 4 unspecified atom stereocenters. The summed E-state index contributed by atoms with van der Waals surface area (Å²) in [5.41, 5.74) is 2.60. The van der Waals surface area contributed by atoms with E-state index in [1.54, 1.807) is 5.57 Å². The first-order chi connectivity index (χ1) is 11.6. The van der Waals surface area contributed by atoms with Gasteiger partial charge in [0.15, 0.2) is 0 Å². The van der Waals surface area contributed by atoms with E-state index in [1.165, 1.54) is 57.8 Å². The highest BCUT2D eigenvalue weighted by Crippen LogP contribution is 2.62. The van der Waals surface area contributed by atoms with E-state index in [1.807, 2.05) is 0 Å². The minimum atomic E-state index is 0.440. The highest BCUT2D eigenvalue weighted by molar-refractivity contribution is 5.24. The summed E-state index contributed by atoms with van der Waals surface area (Å²) >= 11 is 0. The summed E-state index contributed by atoms with van der Waals surface area (Å²) in [4.78, 5) is 0. The zero-order valence-corrected chi connectivity index (χ0v) is 16.5. The molecule has 0 bridgehead atoms. The fourth-order valence-corrected chi connectivity index (χ4v) is 6.40. The van der Waals surface area contributed by atoms with Gasteiger partial charge in [-0.25, -0.2) is 0 Å². The summed E-state index contributed by atoms with van der Waals surface area (Å²) in [5, 5.41) is 0.